The SMILES string of the molecule is COc1ccc(C(=O)N[C@H]2CCCc3ccccc32)cc1S(=O)(=O)N1CCOCC1. The van der Waals surface area contributed by atoms with Gasteiger partial charge in [0, 0.05) is 18.7 Å². The number of rotatable bonds is 5. The van der Waals surface area contributed by atoms with Crippen LogP contribution in [0.25, 0.3) is 0 Å². The highest BCUT2D eigenvalue weighted by Gasteiger charge is 2.30. The van der Waals surface area contributed by atoms with Gasteiger partial charge in [0.25, 0.3) is 5.91 Å². The molecule has 4 rings (SSSR count). The number of ether oxygens (including phenoxy) is 2. The zero-order valence-electron chi connectivity index (χ0n) is 17.0. The smallest absolute Gasteiger partial charge is 0.251 e. The molecule has 1 heterocycles. The van der Waals surface area contributed by atoms with Gasteiger partial charge in [-0.25, -0.2) is 8.42 Å². The highest BCUT2D eigenvalue weighted by atomic mass is 32.2. The highest BCUT2D eigenvalue weighted by Crippen LogP contribution is 2.31. The van der Waals surface area contributed by atoms with Crippen molar-refractivity contribution in [1.82, 2.24) is 9.62 Å². The summed E-state index contributed by atoms with van der Waals surface area (Å²) in [6.07, 6.45) is 2.87. The number of sulfonamides is 1. The standard InChI is InChI=1S/C22H26N2O5S/c1-28-20-10-9-17(15-21(20)30(26,27)24-11-13-29-14-12-24)22(25)23-19-8-4-6-16-5-2-3-7-18(16)19/h2-3,5,7,9-10,15,19H,4,6,8,11-14H2,1H3,(H,23,25)/t19-/m0/s1. The molecule has 1 aliphatic heterocycles. The Kier molecular flexibility index (Phi) is 6.08. The van der Waals surface area contributed by atoms with E-state index in [1.165, 1.54) is 29.1 Å². The fourth-order valence-corrected chi connectivity index (χ4v) is 5.68. The van der Waals surface area contributed by atoms with E-state index in [4.69, 9.17) is 9.47 Å². The summed E-state index contributed by atoms with van der Waals surface area (Å²) < 4.78 is 38.2. The first kappa shape index (κ1) is 20.8. The molecule has 0 bridgehead atoms. The van der Waals surface area contributed by atoms with Crippen LogP contribution in [0.1, 0.15) is 40.4 Å². The van der Waals surface area contributed by atoms with Gasteiger partial charge in [-0.2, -0.15) is 4.31 Å². The van der Waals surface area contributed by atoms with Crippen molar-refractivity contribution in [3.8, 4) is 5.75 Å². The number of benzene rings is 2. The second-order valence-electron chi connectivity index (χ2n) is 7.50. The predicted molar refractivity (Wildman–Crippen MR) is 112 cm³/mol. The number of nitrogens with one attached hydrogen (secondary N) is 1. The van der Waals surface area contributed by atoms with Gasteiger partial charge in [0.2, 0.25) is 10.0 Å². The summed E-state index contributed by atoms with van der Waals surface area (Å²) in [4.78, 5) is 13.0. The molecular formula is C22H26N2O5S. The molecule has 160 valence electrons. The van der Waals surface area contributed by atoms with Crippen molar-refractivity contribution >= 4 is 15.9 Å². The lowest BCUT2D eigenvalue weighted by molar-refractivity contribution is 0.0729. The van der Waals surface area contributed by atoms with Crippen molar-refractivity contribution in [2.75, 3.05) is 33.4 Å². The fourth-order valence-electron chi connectivity index (χ4n) is 4.09. The third-order valence-corrected chi connectivity index (χ3v) is 7.61. The molecule has 7 nitrogen and oxygen atoms in total. The van der Waals surface area contributed by atoms with Crippen LogP contribution in [-0.4, -0.2) is 52.0 Å². The molecule has 30 heavy (non-hydrogen) atoms. The van der Waals surface area contributed by atoms with Gasteiger partial charge in [-0.3, -0.25) is 4.79 Å². The fraction of sp³-hybridized carbons (Fsp3) is 0.409. The zero-order valence-corrected chi connectivity index (χ0v) is 17.8. The summed E-state index contributed by atoms with van der Waals surface area (Å²) in [6.45, 7) is 1.26. The Morgan fingerprint density at radius 3 is 2.70 bits per heavy atom. The monoisotopic (exact) mass is 430 g/mol. The number of methoxy groups -OCH3 is 1. The number of hydrogen-bond donors (Lipinski definition) is 1. The van der Waals surface area contributed by atoms with E-state index in [1.54, 1.807) is 6.07 Å². The number of carbonyl (C=O) groups excluding carboxylic acids is 1. The maximum Gasteiger partial charge on any atom is 0.251 e. The average Bonchev–Trinajstić information content (AvgIpc) is 2.79. The van der Waals surface area contributed by atoms with Crippen LogP contribution in [0.15, 0.2) is 47.4 Å². The molecule has 1 aliphatic carbocycles. The number of carbonyl (C=O) groups is 1. The van der Waals surface area contributed by atoms with Crippen LogP contribution >= 0.6 is 0 Å². The lowest BCUT2D eigenvalue weighted by Crippen LogP contribution is -2.40. The van der Waals surface area contributed by atoms with Gasteiger partial charge in [0.1, 0.15) is 10.6 Å². The van der Waals surface area contributed by atoms with Gasteiger partial charge in [-0.1, -0.05) is 24.3 Å². The average molecular weight is 431 g/mol. The van der Waals surface area contributed by atoms with Crippen LogP contribution in [0.4, 0.5) is 0 Å². The summed E-state index contributed by atoms with van der Waals surface area (Å²) in [5.74, 6) is -0.0705. The molecule has 1 atom stereocenters. The Morgan fingerprint density at radius 1 is 1.17 bits per heavy atom. The Labute approximate surface area is 177 Å². The summed E-state index contributed by atoms with van der Waals surface area (Å²) in [5, 5.41) is 3.08. The van der Waals surface area contributed by atoms with Crippen molar-refractivity contribution in [3.63, 3.8) is 0 Å². The number of aryl methyl sites for hydroxylation is 1. The second-order valence-corrected chi connectivity index (χ2v) is 9.41. The Hall–Kier alpha value is -2.42. The molecule has 2 aromatic rings. The molecule has 2 aromatic carbocycles. The maximum atomic E-state index is 13.2. The molecule has 1 amide bonds. The van der Waals surface area contributed by atoms with Crippen molar-refractivity contribution in [2.45, 2.75) is 30.2 Å². The van der Waals surface area contributed by atoms with Crippen molar-refractivity contribution in [2.24, 2.45) is 0 Å². The molecule has 8 heteroatoms. The molecule has 1 N–H and O–H groups in total. The molecule has 1 saturated heterocycles. The third kappa shape index (κ3) is 4.08. The summed E-state index contributed by atoms with van der Waals surface area (Å²) in [6, 6.07) is 12.6. The number of amides is 1. The third-order valence-electron chi connectivity index (χ3n) is 5.69. The molecule has 0 radical (unpaired) electrons. The van der Waals surface area contributed by atoms with Crippen molar-refractivity contribution in [3.05, 3.63) is 59.2 Å². The van der Waals surface area contributed by atoms with Crippen LogP contribution in [0.3, 0.4) is 0 Å². The first-order chi connectivity index (χ1) is 14.5. The van der Waals surface area contributed by atoms with Gasteiger partial charge >= 0.3 is 0 Å². The molecule has 0 spiro atoms. The van der Waals surface area contributed by atoms with E-state index in [0.717, 1.165) is 24.8 Å². The molecule has 0 unspecified atom stereocenters. The van der Waals surface area contributed by atoms with E-state index in [1.807, 2.05) is 18.2 Å². The minimum absolute atomic E-state index is 0.00333. The molecule has 0 saturated carbocycles. The number of nitrogens with zero attached hydrogens (tertiary/aromatic N) is 1. The van der Waals surface area contributed by atoms with Gasteiger partial charge in [-0.05, 0) is 48.6 Å². The zero-order chi connectivity index (χ0) is 21.1. The Balaban J connectivity index is 1.61. The Bertz CT molecular complexity index is 1030. The lowest BCUT2D eigenvalue weighted by Gasteiger charge is -2.27. The van der Waals surface area contributed by atoms with Crippen LogP contribution in [-0.2, 0) is 21.2 Å². The van der Waals surface area contributed by atoms with E-state index in [9.17, 15) is 13.2 Å². The topological polar surface area (TPSA) is 84.9 Å². The number of morpholine rings is 1. The summed E-state index contributed by atoms with van der Waals surface area (Å²) in [7, 11) is -2.37. The predicted octanol–water partition coefficient (Wildman–Crippen LogP) is 2.52. The summed E-state index contributed by atoms with van der Waals surface area (Å²) in [5.41, 5.74) is 2.68. The van der Waals surface area contributed by atoms with Crippen LogP contribution in [0, 0.1) is 0 Å². The maximum absolute atomic E-state index is 13.2. The van der Waals surface area contributed by atoms with Gasteiger partial charge in [-0.15, -0.1) is 0 Å². The van der Waals surface area contributed by atoms with E-state index in [-0.39, 0.29) is 35.7 Å². The summed E-state index contributed by atoms with van der Waals surface area (Å²) >= 11 is 0. The van der Waals surface area contributed by atoms with Crippen molar-refractivity contribution in [1.29, 1.82) is 0 Å². The first-order valence-electron chi connectivity index (χ1n) is 10.2. The van der Waals surface area contributed by atoms with E-state index < -0.39 is 10.0 Å². The van der Waals surface area contributed by atoms with Crippen LogP contribution in [0.5, 0.6) is 5.75 Å². The van der Waals surface area contributed by atoms with E-state index >= 15 is 0 Å². The minimum Gasteiger partial charge on any atom is -0.495 e. The van der Waals surface area contributed by atoms with Crippen LogP contribution < -0.4 is 10.1 Å². The molecular weight excluding hydrogens is 404 g/mol. The lowest BCUT2D eigenvalue weighted by atomic mass is 9.87. The molecule has 2 aliphatic rings. The second kappa shape index (κ2) is 8.75. The largest absolute Gasteiger partial charge is 0.495 e. The molecule has 1 fully saturated rings. The van der Waals surface area contributed by atoms with Gasteiger partial charge in [0.15, 0.2) is 0 Å². The van der Waals surface area contributed by atoms with E-state index in [2.05, 4.69) is 11.4 Å². The number of fused-ring (bicyclic) bond motifs is 1. The van der Waals surface area contributed by atoms with Crippen molar-refractivity contribution < 1.29 is 22.7 Å². The Morgan fingerprint density at radius 2 is 1.93 bits per heavy atom. The first-order valence-corrected chi connectivity index (χ1v) is 11.6. The van der Waals surface area contributed by atoms with Crippen LogP contribution in [0.2, 0.25) is 0 Å². The normalized spacial score (nSPS) is 19.7. The van der Waals surface area contributed by atoms with Gasteiger partial charge in [0.05, 0.1) is 26.4 Å². The van der Waals surface area contributed by atoms with Gasteiger partial charge < -0.3 is 14.8 Å². The number of hydrogen-bond acceptors (Lipinski definition) is 5. The highest BCUT2D eigenvalue weighted by molar-refractivity contribution is 7.89. The molecule has 0 aromatic heterocycles. The quantitative estimate of drug-likeness (QED) is 0.788. The van der Waals surface area contributed by atoms with E-state index in [0.29, 0.717) is 18.8 Å². The minimum atomic E-state index is -3.79.